The summed E-state index contributed by atoms with van der Waals surface area (Å²) in [5, 5.41) is 12.1. The van der Waals surface area contributed by atoms with Gasteiger partial charge in [-0.05, 0) is 54.4 Å². The van der Waals surface area contributed by atoms with Gasteiger partial charge in [0, 0.05) is 54.1 Å². The van der Waals surface area contributed by atoms with Crippen LogP contribution in [0.5, 0.6) is 0 Å². The van der Waals surface area contributed by atoms with Gasteiger partial charge < -0.3 is 20.1 Å². The summed E-state index contributed by atoms with van der Waals surface area (Å²) in [6.07, 6.45) is 4.27. The first kappa shape index (κ1) is 24.4. The Morgan fingerprint density at radius 2 is 1.80 bits per heavy atom. The van der Waals surface area contributed by atoms with Gasteiger partial charge in [0.25, 0.3) is 0 Å². The van der Waals surface area contributed by atoms with Gasteiger partial charge >= 0.3 is 5.97 Å². The Balaban J connectivity index is 1.38. The van der Waals surface area contributed by atoms with Crippen LogP contribution in [0.2, 0.25) is 0 Å². The Hall–Kier alpha value is -3.69. The van der Waals surface area contributed by atoms with Crippen LogP contribution in [0.1, 0.15) is 17.0 Å². The number of aryl methyl sites for hydroxylation is 1. The van der Waals surface area contributed by atoms with E-state index in [9.17, 15) is 9.59 Å². The van der Waals surface area contributed by atoms with Crippen molar-refractivity contribution in [3.63, 3.8) is 0 Å². The fourth-order valence-corrected chi connectivity index (χ4v) is 4.39. The standard InChI is InChI=1S/C26H26N4O4S/c1-18-17-27-23(16-19-2-6-21(7-3-19)30-12-14-34-15-13-30)29-26(18)35-22-8-4-20(5-9-22)28-24(31)10-11-25(32)33/h2-11,17H,12-16H2,1H3,(H,28,31)(H,32,33)/b11-10-. The highest BCUT2D eigenvalue weighted by molar-refractivity contribution is 7.99. The summed E-state index contributed by atoms with van der Waals surface area (Å²) in [6, 6.07) is 15.8. The minimum Gasteiger partial charge on any atom is -0.478 e. The molecule has 180 valence electrons. The second-order valence-corrected chi connectivity index (χ2v) is 9.07. The molecular weight excluding hydrogens is 464 g/mol. The van der Waals surface area contributed by atoms with Gasteiger partial charge in [0.1, 0.15) is 10.9 Å². The lowest BCUT2D eigenvalue weighted by Gasteiger charge is -2.28. The number of aliphatic carboxylic acids is 1. The van der Waals surface area contributed by atoms with Gasteiger partial charge in [0.2, 0.25) is 5.91 Å². The van der Waals surface area contributed by atoms with Crippen molar-refractivity contribution >= 4 is 35.0 Å². The first-order valence-corrected chi connectivity index (χ1v) is 12.0. The average molecular weight is 491 g/mol. The van der Waals surface area contributed by atoms with Crippen molar-refractivity contribution in [3.8, 4) is 0 Å². The molecule has 2 aromatic carbocycles. The molecule has 1 fully saturated rings. The van der Waals surface area contributed by atoms with Crippen molar-refractivity contribution in [3.05, 3.63) is 83.8 Å². The van der Waals surface area contributed by atoms with E-state index in [1.807, 2.05) is 25.3 Å². The number of nitrogens with one attached hydrogen (secondary N) is 1. The first-order chi connectivity index (χ1) is 17.0. The number of carbonyl (C=O) groups excluding carboxylic acids is 1. The molecule has 0 unspecified atom stereocenters. The number of hydrogen-bond acceptors (Lipinski definition) is 7. The normalized spacial score (nSPS) is 13.7. The maximum atomic E-state index is 11.7. The highest BCUT2D eigenvalue weighted by Gasteiger charge is 2.12. The lowest BCUT2D eigenvalue weighted by Crippen LogP contribution is -2.36. The molecule has 8 nitrogen and oxygen atoms in total. The van der Waals surface area contributed by atoms with E-state index >= 15 is 0 Å². The topological polar surface area (TPSA) is 105 Å². The van der Waals surface area contributed by atoms with Crippen molar-refractivity contribution in [2.75, 3.05) is 36.5 Å². The van der Waals surface area contributed by atoms with Crippen molar-refractivity contribution in [1.82, 2.24) is 9.97 Å². The quantitative estimate of drug-likeness (QED) is 0.361. The molecule has 1 aliphatic heterocycles. The van der Waals surface area contributed by atoms with Gasteiger partial charge in [-0.25, -0.2) is 14.8 Å². The minimum absolute atomic E-state index is 0.498. The third-order valence-corrected chi connectivity index (χ3v) is 6.48. The molecule has 4 rings (SSSR count). The number of carboxylic acid groups (broad SMARTS) is 1. The van der Waals surface area contributed by atoms with Crippen molar-refractivity contribution < 1.29 is 19.4 Å². The first-order valence-electron chi connectivity index (χ1n) is 11.2. The van der Waals surface area contributed by atoms with E-state index in [4.69, 9.17) is 14.8 Å². The second kappa shape index (κ2) is 11.6. The predicted octanol–water partition coefficient (Wildman–Crippen LogP) is 3.94. The molecule has 0 radical (unpaired) electrons. The van der Waals surface area contributed by atoms with Gasteiger partial charge in [-0.3, -0.25) is 4.79 Å². The maximum absolute atomic E-state index is 11.7. The molecule has 1 amide bonds. The Morgan fingerprint density at radius 1 is 1.09 bits per heavy atom. The van der Waals surface area contributed by atoms with Gasteiger partial charge in [-0.2, -0.15) is 0 Å². The summed E-state index contributed by atoms with van der Waals surface area (Å²) in [6.45, 7) is 5.33. The van der Waals surface area contributed by atoms with Crippen LogP contribution in [0.15, 0.2) is 76.8 Å². The molecule has 0 atom stereocenters. The molecule has 3 aromatic rings. The summed E-state index contributed by atoms with van der Waals surface area (Å²) >= 11 is 1.53. The fourth-order valence-electron chi connectivity index (χ4n) is 3.53. The molecule has 2 N–H and O–H groups in total. The Morgan fingerprint density at radius 3 is 2.49 bits per heavy atom. The molecule has 1 aromatic heterocycles. The van der Waals surface area contributed by atoms with E-state index in [0.29, 0.717) is 12.1 Å². The SMILES string of the molecule is Cc1cnc(Cc2ccc(N3CCOCC3)cc2)nc1Sc1ccc(NC(=O)/C=C\C(=O)O)cc1. The molecule has 9 heteroatoms. The number of nitrogens with zero attached hydrogens (tertiary/aromatic N) is 3. The minimum atomic E-state index is -1.17. The van der Waals surface area contributed by atoms with Crippen molar-refractivity contribution in [2.24, 2.45) is 0 Å². The van der Waals surface area contributed by atoms with Crippen LogP contribution in [-0.4, -0.2) is 53.3 Å². The molecule has 1 aliphatic rings. The zero-order valence-electron chi connectivity index (χ0n) is 19.3. The number of carbonyl (C=O) groups is 2. The van der Waals surface area contributed by atoms with Gasteiger partial charge in [0.05, 0.1) is 13.2 Å². The van der Waals surface area contributed by atoms with E-state index < -0.39 is 11.9 Å². The Labute approximate surface area is 208 Å². The number of rotatable bonds is 8. The number of amides is 1. The molecule has 0 aliphatic carbocycles. The summed E-state index contributed by atoms with van der Waals surface area (Å²) in [7, 11) is 0. The van der Waals surface area contributed by atoms with E-state index in [-0.39, 0.29) is 0 Å². The smallest absolute Gasteiger partial charge is 0.328 e. The third-order valence-electron chi connectivity index (χ3n) is 5.36. The van der Waals surface area contributed by atoms with E-state index in [1.165, 1.54) is 17.4 Å². The maximum Gasteiger partial charge on any atom is 0.328 e. The van der Waals surface area contributed by atoms with Crippen molar-refractivity contribution in [1.29, 1.82) is 0 Å². The number of anilines is 2. The Bertz CT molecular complexity index is 1210. The molecule has 35 heavy (non-hydrogen) atoms. The largest absolute Gasteiger partial charge is 0.478 e. The third kappa shape index (κ3) is 7.14. The van der Waals surface area contributed by atoms with Crippen LogP contribution in [0.3, 0.4) is 0 Å². The Kier molecular flexibility index (Phi) is 8.12. The summed E-state index contributed by atoms with van der Waals surface area (Å²) in [4.78, 5) is 34.8. The number of aromatic nitrogens is 2. The molecule has 0 bridgehead atoms. The monoisotopic (exact) mass is 490 g/mol. The average Bonchev–Trinajstić information content (AvgIpc) is 2.87. The van der Waals surface area contributed by atoms with Crippen LogP contribution in [0, 0.1) is 6.92 Å². The van der Waals surface area contributed by atoms with Gasteiger partial charge in [-0.15, -0.1) is 0 Å². The lowest BCUT2D eigenvalue weighted by atomic mass is 10.1. The number of carboxylic acids is 1. The summed E-state index contributed by atoms with van der Waals surface area (Å²) < 4.78 is 5.43. The highest BCUT2D eigenvalue weighted by Crippen LogP contribution is 2.29. The molecule has 2 heterocycles. The van der Waals surface area contributed by atoms with E-state index in [2.05, 4.69) is 39.5 Å². The van der Waals surface area contributed by atoms with E-state index in [0.717, 1.165) is 65.3 Å². The zero-order chi connectivity index (χ0) is 24.6. The fraction of sp³-hybridized carbons (Fsp3) is 0.231. The summed E-state index contributed by atoms with van der Waals surface area (Å²) in [5.74, 6) is -0.912. The molecule has 1 saturated heterocycles. The van der Waals surface area contributed by atoms with Crippen LogP contribution in [0.25, 0.3) is 0 Å². The van der Waals surface area contributed by atoms with E-state index in [1.54, 1.807) is 12.1 Å². The molecular formula is C26H26N4O4S. The molecule has 0 spiro atoms. The van der Waals surface area contributed by atoms with Crippen LogP contribution in [0.4, 0.5) is 11.4 Å². The van der Waals surface area contributed by atoms with Crippen LogP contribution < -0.4 is 10.2 Å². The highest BCUT2D eigenvalue weighted by atomic mass is 32.2. The second-order valence-electron chi connectivity index (χ2n) is 8.00. The van der Waals surface area contributed by atoms with Crippen LogP contribution >= 0.6 is 11.8 Å². The van der Waals surface area contributed by atoms with Gasteiger partial charge in [-0.1, -0.05) is 23.9 Å². The number of morpholine rings is 1. The van der Waals surface area contributed by atoms with Gasteiger partial charge in [0.15, 0.2) is 0 Å². The number of ether oxygens (including phenoxy) is 1. The number of hydrogen-bond donors (Lipinski definition) is 2. The number of benzene rings is 2. The molecule has 0 saturated carbocycles. The summed E-state index contributed by atoms with van der Waals surface area (Å²) in [5.41, 5.74) is 3.92. The van der Waals surface area contributed by atoms with Crippen LogP contribution in [-0.2, 0) is 20.7 Å². The lowest BCUT2D eigenvalue weighted by molar-refractivity contribution is -0.131. The zero-order valence-corrected chi connectivity index (χ0v) is 20.1. The predicted molar refractivity (Wildman–Crippen MR) is 135 cm³/mol. The van der Waals surface area contributed by atoms with Crippen molar-refractivity contribution in [2.45, 2.75) is 23.3 Å².